The number of hydrogen-bond acceptors (Lipinski definition) is 3. The molecule has 3 nitrogen and oxygen atoms in total. The third kappa shape index (κ3) is 6.27. The maximum absolute atomic E-state index is 5.46. The van der Waals surface area contributed by atoms with Gasteiger partial charge in [-0.2, -0.15) is 0 Å². The van der Waals surface area contributed by atoms with E-state index in [9.17, 15) is 0 Å². The van der Waals surface area contributed by atoms with Crippen molar-refractivity contribution >= 4 is 0 Å². The largest absolute Gasteiger partial charge is 0.481 e. The second kappa shape index (κ2) is 8.54. The summed E-state index contributed by atoms with van der Waals surface area (Å²) >= 11 is 0. The van der Waals surface area contributed by atoms with Crippen LogP contribution in [0.3, 0.4) is 0 Å². The van der Waals surface area contributed by atoms with E-state index in [-0.39, 0.29) is 0 Å². The lowest BCUT2D eigenvalue weighted by molar-refractivity contribution is 0.0762. The number of methoxy groups -OCH3 is 1. The molecule has 0 N–H and O–H groups in total. The van der Waals surface area contributed by atoms with Crippen molar-refractivity contribution in [3.8, 4) is 17.7 Å². The highest BCUT2D eigenvalue weighted by molar-refractivity contribution is 5.33. The highest BCUT2D eigenvalue weighted by atomic mass is 16.5. The predicted octanol–water partition coefficient (Wildman–Crippen LogP) is 3.04. The van der Waals surface area contributed by atoms with E-state index in [0.29, 0.717) is 12.0 Å². The smallest absolute Gasteiger partial charge is 0.212 e. The lowest BCUT2D eigenvalue weighted by Gasteiger charge is -2.05. The van der Waals surface area contributed by atoms with Crippen LogP contribution in [0, 0.1) is 11.8 Å². The first-order valence-corrected chi connectivity index (χ1v) is 6.33. The number of hydrogen-bond donors (Lipinski definition) is 0. The van der Waals surface area contributed by atoms with Gasteiger partial charge in [0, 0.05) is 30.9 Å². The molecule has 3 heteroatoms. The monoisotopic (exact) mass is 247 g/mol. The fourth-order valence-electron chi connectivity index (χ4n) is 1.37. The molecule has 0 bridgehead atoms. The van der Waals surface area contributed by atoms with Crippen LogP contribution in [-0.2, 0) is 4.74 Å². The topological polar surface area (TPSA) is 31.4 Å². The Bertz CT molecular complexity index is 387. The first-order chi connectivity index (χ1) is 8.72. The molecule has 0 saturated carbocycles. The average molecular weight is 247 g/mol. The van der Waals surface area contributed by atoms with Gasteiger partial charge in [-0.05, 0) is 32.8 Å². The molecule has 0 radical (unpaired) electrons. The van der Waals surface area contributed by atoms with Crippen molar-refractivity contribution in [1.29, 1.82) is 0 Å². The fraction of sp³-hybridized carbons (Fsp3) is 0.533. The normalized spacial score (nSPS) is 10.0. The quantitative estimate of drug-likeness (QED) is 0.572. The Morgan fingerprint density at radius 2 is 2.11 bits per heavy atom. The van der Waals surface area contributed by atoms with Crippen LogP contribution in [0.15, 0.2) is 18.3 Å². The number of nitrogens with zero attached hydrogens (tertiary/aromatic N) is 1. The van der Waals surface area contributed by atoms with Crippen LogP contribution in [0.4, 0.5) is 0 Å². The summed E-state index contributed by atoms with van der Waals surface area (Å²) < 4.78 is 10.4. The van der Waals surface area contributed by atoms with Crippen LogP contribution in [0.2, 0.25) is 0 Å². The number of unbranched alkanes of at least 4 members (excludes halogenated alkanes) is 2. The summed E-state index contributed by atoms with van der Waals surface area (Å²) in [5, 5.41) is 0. The van der Waals surface area contributed by atoms with E-state index in [2.05, 4.69) is 30.7 Å². The molecule has 18 heavy (non-hydrogen) atoms. The molecule has 1 heterocycles. The molecule has 1 aromatic heterocycles. The SMILES string of the molecule is COc1ccc(C#CCCCCOC(C)C)cn1. The van der Waals surface area contributed by atoms with E-state index in [4.69, 9.17) is 9.47 Å². The van der Waals surface area contributed by atoms with E-state index >= 15 is 0 Å². The molecular formula is C15H21NO2. The van der Waals surface area contributed by atoms with Crippen LogP contribution in [-0.4, -0.2) is 24.8 Å². The van der Waals surface area contributed by atoms with Gasteiger partial charge in [-0.3, -0.25) is 0 Å². The zero-order valence-electron chi connectivity index (χ0n) is 11.4. The minimum absolute atomic E-state index is 0.321. The molecule has 98 valence electrons. The summed E-state index contributed by atoms with van der Waals surface area (Å²) in [6.45, 7) is 4.93. The van der Waals surface area contributed by atoms with Gasteiger partial charge in [-0.15, -0.1) is 0 Å². The number of aromatic nitrogens is 1. The molecule has 0 unspecified atom stereocenters. The summed E-state index contributed by atoms with van der Waals surface area (Å²) in [4.78, 5) is 4.10. The molecule has 0 amide bonds. The van der Waals surface area contributed by atoms with Crippen molar-refractivity contribution in [2.45, 2.75) is 39.2 Å². The Kier molecular flexibility index (Phi) is 6.90. The molecule has 0 aliphatic carbocycles. The molecule has 0 aliphatic rings. The molecule has 1 aromatic rings. The molecule has 0 aliphatic heterocycles. The van der Waals surface area contributed by atoms with Crippen LogP contribution >= 0.6 is 0 Å². The summed E-state index contributed by atoms with van der Waals surface area (Å²) in [5.74, 6) is 6.84. The van der Waals surface area contributed by atoms with E-state index in [1.54, 1.807) is 13.3 Å². The molecule has 0 fully saturated rings. The van der Waals surface area contributed by atoms with Crippen molar-refractivity contribution in [3.63, 3.8) is 0 Å². The molecule has 0 atom stereocenters. The first kappa shape index (κ1) is 14.5. The molecule has 1 rings (SSSR count). The zero-order chi connectivity index (χ0) is 13.2. The van der Waals surface area contributed by atoms with Crippen LogP contribution in [0.25, 0.3) is 0 Å². The number of pyridine rings is 1. The van der Waals surface area contributed by atoms with Gasteiger partial charge in [-0.25, -0.2) is 4.98 Å². The Balaban J connectivity index is 2.20. The Morgan fingerprint density at radius 1 is 1.28 bits per heavy atom. The van der Waals surface area contributed by atoms with E-state index in [1.807, 2.05) is 12.1 Å². The molecular weight excluding hydrogens is 226 g/mol. The first-order valence-electron chi connectivity index (χ1n) is 6.33. The summed E-state index contributed by atoms with van der Waals surface area (Å²) in [6, 6.07) is 3.74. The van der Waals surface area contributed by atoms with Gasteiger partial charge in [0.2, 0.25) is 5.88 Å². The zero-order valence-corrected chi connectivity index (χ0v) is 11.4. The Hall–Kier alpha value is -1.53. The van der Waals surface area contributed by atoms with Crippen molar-refractivity contribution in [3.05, 3.63) is 23.9 Å². The summed E-state index contributed by atoms with van der Waals surface area (Å²) in [5.41, 5.74) is 0.925. The molecule has 0 spiro atoms. The summed E-state index contributed by atoms with van der Waals surface area (Å²) in [6.07, 6.45) is 5.08. The van der Waals surface area contributed by atoms with Gasteiger partial charge in [0.05, 0.1) is 13.2 Å². The Labute approximate surface area is 110 Å². The number of rotatable bonds is 6. The van der Waals surface area contributed by atoms with E-state index in [0.717, 1.165) is 31.4 Å². The van der Waals surface area contributed by atoms with Gasteiger partial charge < -0.3 is 9.47 Å². The van der Waals surface area contributed by atoms with Gasteiger partial charge in [-0.1, -0.05) is 11.8 Å². The summed E-state index contributed by atoms with van der Waals surface area (Å²) in [7, 11) is 1.60. The second-order valence-corrected chi connectivity index (χ2v) is 4.27. The van der Waals surface area contributed by atoms with Crippen molar-refractivity contribution < 1.29 is 9.47 Å². The van der Waals surface area contributed by atoms with Gasteiger partial charge >= 0.3 is 0 Å². The number of ether oxygens (including phenoxy) is 2. The van der Waals surface area contributed by atoms with Crippen molar-refractivity contribution in [1.82, 2.24) is 4.98 Å². The Morgan fingerprint density at radius 3 is 2.72 bits per heavy atom. The standard InChI is InChI=1S/C15H21NO2/c1-13(2)18-11-7-5-4-6-8-14-9-10-15(17-3)16-12-14/h9-10,12-13H,4-5,7,11H2,1-3H3. The fourth-order valence-corrected chi connectivity index (χ4v) is 1.37. The van der Waals surface area contributed by atoms with E-state index in [1.165, 1.54) is 0 Å². The lowest BCUT2D eigenvalue weighted by atomic mass is 10.2. The predicted molar refractivity (Wildman–Crippen MR) is 72.6 cm³/mol. The van der Waals surface area contributed by atoms with Gasteiger partial charge in [0.25, 0.3) is 0 Å². The maximum Gasteiger partial charge on any atom is 0.212 e. The van der Waals surface area contributed by atoms with Gasteiger partial charge in [0.15, 0.2) is 0 Å². The van der Waals surface area contributed by atoms with Gasteiger partial charge in [0.1, 0.15) is 0 Å². The maximum atomic E-state index is 5.46. The third-order valence-electron chi connectivity index (χ3n) is 2.33. The van der Waals surface area contributed by atoms with Crippen molar-refractivity contribution in [2.75, 3.05) is 13.7 Å². The minimum Gasteiger partial charge on any atom is -0.481 e. The molecule has 0 saturated heterocycles. The van der Waals surface area contributed by atoms with Crippen molar-refractivity contribution in [2.24, 2.45) is 0 Å². The highest BCUT2D eigenvalue weighted by Crippen LogP contribution is 2.05. The average Bonchev–Trinajstić information content (AvgIpc) is 2.38. The minimum atomic E-state index is 0.321. The van der Waals surface area contributed by atoms with Crippen LogP contribution in [0.1, 0.15) is 38.7 Å². The highest BCUT2D eigenvalue weighted by Gasteiger charge is 1.93. The van der Waals surface area contributed by atoms with Crippen LogP contribution in [0.5, 0.6) is 5.88 Å². The second-order valence-electron chi connectivity index (χ2n) is 4.27. The third-order valence-corrected chi connectivity index (χ3v) is 2.33. The van der Waals surface area contributed by atoms with Crippen LogP contribution < -0.4 is 4.74 Å². The molecule has 0 aromatic carbocycles. The van der Waals surface area contributed by atoms with E-state index < -0.39 is 0 Å². The lowest BCUT2D eigenvalue weighted by Crippen LogP contribution is -2.03.